The van der Waals surface area contributed by atoms with Crippen LogP contribution in [0, 0.1) is 5.41 Å². The number of nitrogens with one attached hydrogen (secondary N) is 2. The molecule has 3 amide bonds. The van der Waals surface area contributed by atoms with Gasteiger partial charge in [-0.3, -0.25) is 9.59 Å². The lowest BCUT2D eigenvalue weighted by Gasteiger charge is -2.26. The van der Waals surface area contributed by atoms with Gasteiger partial charge in [-0.1, -0.05) is 63.9 Å². The molecule has 9 nitrogen and oxygen atoms in total. The third-order valence-electron chi connectivity index (χ3n) is 5.70. The summed E-state index contributed by atoms with van der Waals surface area (Å²) < 4.78 is 5.46. The summed E-state index contributed by atoms with van der Waals surface area (Å²) in [5, 5.41) is 14.4. The number of rotatable bonds is 9. The largest absolute Gasteiger partial charge is 0.465 e. The molecule has 0 aliphatic carbocycles. The minimum atomic E-state index is -1.08. The molecule has 0 aromatic heterocycles. The van der Waals surface area contributed by atoms with E-state index < -0.39 is 41.4 Å². The molecule has 0 radical (unpaired) electrons. The lowest BCUT2D eigenvalue weighted by molar-refractivity contribution is -0.139. The summed E-state index contributed by atoms with van der Waals surface area (Å²) in [7, 11) is 0. The summed E-state index contributed by atoms with van der Waals surface area (Å²) >= 11 is 0. The molecular formula is C23H33N3O6. The van der Waals surface area contributed by atoms with Crippen LogP contribution in [-0.2, 0) is 14.3 Å². The van der Waals surface area contributed by atoms with Crippen LogP contribution in [0.3, 0.4) is 0 Å². The monoisotopic (exact) mass is 447 g/mol. The van der Waals surface area contributed by atoms with Crippen molar-refractivity contribution in [3.8, 4) is 0 Å². The fourth-order valence-electron chi connectivity index (χ4n) is 3.68. The summed E-state index contributed by atoms with van der Waals surface area (Å²) in [6.07, 6.45) is -0.857. The Morgan fingerprint density at radius 2 is 1.84 bits per heavy atom. The zero-order chi connectivity index (χ0) is 23.9. The highest BCUT2D eigenvalue weighted by Gasteiger charge is 2.44. The third kappa shape index (κ3) is 6.70. The van der Waals surface area contributed by atoms with Crippen molar-refractivity contribution in [1.29, 1.82) is 0 Å². The van der Waals surface area contributed by atoms with Crippen molar-refractivity contribution in [2.45, 2.75) is 65.1 Å². The first kappa shape index (κ1) is 25.2. The van der Waals surface area contributed by atoms with E-state index in [1.165, 1.54) is 4.90 Å². The summed E-state index contributed by atoms with van der Waals surface area (Å²) in [4.78, 5) is 50.3. The van der Waals surface area contributed by atoms with Crippen molar-refractivity contribution in [2.24, 2.45) is 5.41 Å². The van der Waals surface area contributed by atoms with Crippen LogP contribution < -0.4 is 10.6 Å². The summed E-state index contributed by atoms with van der Waals surface area (Å²) in [5.74, 6) is -1.52. The van der Waals surface area contributed by atoms with Gasteiger partial charge in [0.15, 0.2) is 0 Å². The smallest absolute Gasteiger partial charge is 0.408 e. The first-order chi connectivity index (χ1) is 15.0. The fraction of sp³-hybridized carbons (Fsp3) is 0.565. The molecule has 0 bridgehead atoms. The Morgan fingerprint density at radius 1 is 1.19 bits per heavy atom. The summed E-state index contributed by atoms with van der Waals surface area (Å²) in [6.45, 7) is 7.63. The van der Waals surface area contributed by atoms with Crippen LogP contribution in [0.25, 0.3) is 0 Å². The number of carbonyl (C=O) groups is 4. The number of hydrogen-bond acceptors (Lipinski definition) is 5. The molecule has 2 rings (SSSR count). The Hall–Kier alpha value is -3.10. The van der Waals surface area contributed by atoms with Gasteiger partial charge in [0.25, 0.3) is 5.91 Å². The molecule has 0 unspecified atom stereocenters. The first-order valence-electron chi connectivity index (χ1n) is 10.9. The Morgan fingerprint density at radius 3 is 2.41 bits per heavy atom. The Labute approximate surface area is 188 Å². The summed E-state index contributed by atoms with van der Waals surface area (Å²) in [5.41, 5.74) is 0.291. The third-order valence-corrected chi connectivity index (χ3v) is 5.70. The second kappa shape index (κ2) is 11.0. The maximum Gasteiger partial charge on any atom is 0.408 e. The second-order valence-electron chi connectivity index (χ2n) is 8.85. The van der Waals surface area contributed by atoms with Gasteiger partial charge in [0, 0.05) is 12.0 Å². The minimum Gasteiger partial charge on any atom is -0.465 e. The molecule has 176 valence electrons. The number of carbonyl (C=O) groups excluding carboxylic acids is 3. The first-order valence-corrected chi connectivity index (χ1v) is 10.9. The van der Waals surface area contributed by atoms with Gasteiger partial charge in [-0.2, -0.15) is 0 Å². The molecule has 3 atom stereocenters. The van der Waals surface area contributed by atoms with E-state index in [2.05, 4.69) is 10.6 Å². The molecule has 1 aromatic carbocycles. The number of nitrogens with zero attached hydrogens (tertiary/aromatic N) is 1. The Kier molecular flexibility index (Phi) is 8.63. The van der Waals surface area contributed by atoms with E-state index in [0.717, 1.165) is 12.0 Å². The van der Waals surface area contributed by atoms with Gasteiger partial charge in [-0.05, 0) is 18.9 Å². The highest BCUT2D eigenvalue weighted by Crippen LogP contribution is 2.32. The number of unbranched alkanes of at least 4 members (excludes halogenated alkanes) is 1. The van der Waals surface area contributed by atoms with E-state index in [0.29, 0.717) is 12.8 Å². The molecule has 0 saturated carbocycles. The lowest BCUT2D eigenvalue weighted by Crippen LogP contribution is -2.49. The number of amides is 3. The molecule has 32 heavy (non-hydrogen) atoms. The normalized spacial score (nSPS) is 19.0. The van der Waals surface area contributed by atoms with Gasteiger partial charge in [0.1, 0.15) is 12.1 Å². The van der Waals surface area contributed by atoms with E-state index in [1.54, 1.807) is 6.92 Å². The Balaban J connectivity index is 2.00. The minimum absolute atomic E-state index is 0.0540. The topological polar surface area (TPSA) is 125 Å². The van der Waals surface area contributed by atoms with Crippen LogP contribution in [0.4, 0.5) is 9.59 Å². The van der Waals surface area contributed by atoms with Gasteiger partial charge in [-0.25, -0.2) is 9.59 Å². The van der Waals surface area contributed by atoms with Gasteiger partial charge in [0.2, 0.25) is 5.78 Å². The van der Waals surface area contributed by atoms with Gasteiger partial charge < -0.3 is 25.4 Å². The zero-order valence-corrected chi connectivity index (χ0v) is 19.1. The van der Waals surface area contributed by atoms with E-state index in [9.17, 15) is 24.3 Å². The number of hydrogen-bond donors (Lipinski definition) is 3. The lowest BCUT2D eigenvalue weighted by atomic mass is 9.90. The van der Waals surface area contributed by atoms with E-state index in [-0.39, 0.29) is 19.1 Å². The van der Waals surface area contributed by atoms with Crippen molar-refractivity contribution in [2.75, 3.05) is 13.1 Å². The van der Waals surface area contributed by atoms with Crippen molar-refractivity contribution in [1.82, 2.24) is 15.5 Å². The zero-order valence-electron chi connectivity index (χ0n) is 19.1. The van der Waals surface area contributed by atoms with Gasteiger partial charge >= 0.3 is 12.2 Å². The van der Waals surface area contributed by atoms with Crippen molar-refractivity contribution in [3.05, 3.63) is 35.9 Å². The highest BCUT2D eigenvalue weighted by atomic mass is 16.6. The molecule has 1 aliphatic heterocycles. The number of Topliss-reactive ketones (excluding diaryl/α,β-unsaturated/α-hetero) is 1. The summed E-state index contributed by atoms with van der Waals surface area (Å²) in [6, 6.07) is 7.86. The predicted octanol–water partition coefficient (Wildman–Crippen LogP) is 3.11. The van der Waals surface area contributed by atoms with Crippen molar-refractivity contribution >= 4 is 23.9 Å². The number of likely N-dealkylation sites (tertiary alicyclic amines) is 1. The molecule has 1 saturated heterocycles. The van der Waals surface area contributed by atoms with E-state index >= 15 is 0 Å². The maximum absolute atomic E-state index is 12.8. The molecule has 1 aliphatic rings. The van der Waals surface area contributed by atoms with Crippen molar-refractivity contribution < 1.29 is 29.0 Å². The van der Waals surface area contributed by atoms with Crippen LogP contribution in [0.5, 0.6) is 0 Å². The van der Waals surface area contributed by atoms with Gasteiger partial charge in [-0.15, -0.1) is 0 Å². The number of alkyl carbamates (subject to hydrolysis) is 1. The van der Waals surface area contributed by atoms with E-state index in [4.69, 9.17) is 4.74 Å². The van der Waals surface area contributed by atoms with Crippen molar-refractivity contribution in [3.63, 3.8) is 0 Å². The average molecular weight is 448 g/mol. The van der Waals surface area contributed by atoms with Crippen LogP contribution in [-0.4, -0.2) is 59.1 Å². The molecule has 3 N–H and O–H groups in total. The number of ketones is 1. The van der Waals surface area contributed by atoms with E-state index in [1.807, 2.05) is 51.1 Å². The molecule has 1 heterocycles. The molecule has 0 spiro atoms. The number of ether oxygens (including phenoxy) is 1. The van der Waals surface area contributed by atoms with Crippen LogP contribution >= 0.6 is 0 Å². The molecule has 1 fully saturated rings. The van der Waals surface area contributed by atoms with Gasteiger partial charge in [0.05, 0.1) is 12.6 Å². The SMILES string of the molecule is CCCC[C@H](NC(=O)O[C@@H]1CN(C(=O)O)CC1(C)C)C(=O)C(=O)N[C@H](C)c1ccccc1. The number of benzene rings is 1. The quantitative estimate of drug-likeness (QED) is 0.500. The molecule has 9 heteroatoms. The molecular weight excluding hydrogens is 414 g/mol. The molecule has 1 aromatic rings. The standard InChI is InChI=1S/C23H33N3O6/c1-5-6-12-17(19(27)20(28)24-15(2)16-10-8-7-9-11-16)25-21(29)32-18-13-26(22(30)31)14-23(18,3)4/h7-11,15,17-18H,5-6,12-14H2,1-4H3,(H,24,28)(H,25,29)(H,30,31)/t15-,17+,18-/m1/s1. The highest BCUT2D eigenvalue weighted by molar-refractivity contribution is 6.38. The van der Waals surface area contributed by atoms with Crippen LogP contribution in [0.2, 0.25) is 0 Å². The van der Waals surface area contributed by atoms with Crippen LogP contribution in [0.15, 0.2) is 30.3 Å². The average Bonchev–Trinajstić information content (AvgIpc) is 3.05. The fourth-order valence-corrected chi connectivity index (χ4v) is 3.68. The predicted molar refractivity (Wildman–Crippen MR) is 118 cm³/mol. The number of carboxylic acid groups (broad SMARTS) is 1. The second-order valence-corrected chi connectivity index (χ2v) is 8.85. The maximum atomic E-state index is 12.8. The van der Waals surface area contributed by atoms with Crippen LogP contribution in [0.1, 0.15) is 58.6 Å². The Bertz CT molecular complexity index is 826.